The maximum atomic E-state index is 12.1. The third-order valence-corrected chi connectivity index (χ3v) is 6.51. The smallest absolute Gasteiger partial charge is 0.236 e. The van der Waals surface area contributed by atoms with Gasteiger partial charge < -0.3 is 10.1 Å². The van der Waals surface area contributed by atoms with Crippen LogP contribution in [0.3, 0.4) is 0 Å². The number of hydrogen-bond donors (Lipinski definition) is 1. The van der Waals surface area contributed by atoms with Crippen LogP contribution in [-0.2, 0) is 22.6 Å². The Bertz CT molecular complexity index is 802. The summed E-state index contributed by atoms with van der Waals surface area (Å²) < 4.78 is 7.45. The number of amides is 1. The van der Waals surface area contributed by atoms with E-state index in [4.69, 9.17) is 4.74 Å². The highest BCUT2D eigenvalue weighted by Gasteiger charge is 2.17. The van der Waals surface area contributed by atoms with E-state index in [1.54, 1.807) is 11.3 Å². The topological polar surface area (TPSA) is 64.1 Å². The van der Waals surface area contributed by atoms with Crippen molar-refractivity contribution in [1.29, 1.82) is 0 Å². The van der Waals surface area contributed by atoms with Crippen molar-refractivity contribution >= 4 is 55.7 Å². The number of fused-ring (bicyclic) bond motifs is 2. The van der Waals surface area contributed by atoms with Crippen LogP contribution in [0.25, 0.3) is 10.2 Å². The van der Waals surface area contributed by atoms with Crippen LogP contribution in [0.5, 0.6) is 0 Å². The number of benzene rings is 1. The first kappa shape index (κ1) is 15.1. The first-order chi connectivity index (χ1) is 11.3. The molecule has 1 aromatic carbocycles. The zero-order valence-corrected chi connectivity index (χ0v) is 14.5. The van der Waals surface area contributed by atoms with Crippen molar-refractivity contribution < 1.29 is 9.53 Å². The second kappa shape index (κ2) is 6.56. The third kappa shape index (κ3) is 3.40. The second-order valence-corrected chi connectivity index (χ2v) is 8.31. The molecule has 3 aromatic rings. The molecule has 3 heterocycles. The number of thioether (sulfide) groups is 1. The van der Waals surface area contributed by atoms with Crippen LogP contribution in [0.2, 0.25) is 0 Å². The summed E-state index contributed by atoms with van der Waals surface area (Å²) in [5.74, 6) is 0.280. The predicted octanol–water partition coefficient (Wildman–Crippen LogP) is 3.56. The number of rotatable bonds is 4. The molecule has 5 nitrogen and oxygen atoms in total. The molecule has 23 heavy (non-hydrogen) atoms. The summed E-state index contributed by atoms with van der Waals surface area (Å²) >= 11 is 4.56. The van der Waals surface area contributed by atoms with E-state index in [9.17, 15) is 4.79 Å². The number of nitrogens with zero attached hydrogens (tertiary/aromatic N) is 2. The molecule has 1 amide bonds. The zero-order valence-electron chi connectivity index (χ0n) is 12.1. The molecule has 0 aliphatic carbocycles. The monoisotopic (exact) mass is 363 g/mol. The fourth-order valence-electron chi connectivity index (χ4n) is 2.27. The number of thiazole rings is 2. The van der Waals surface area contributed by atoms with Crippen LogP contribution < -0.4 is 5.32 Å². The van der Waals surface area contributed by atoms with Crippen molar-refractivity contribution in [2.24, 2.45) is 0 Å². The Labute approximate surface area is 145 Å². The Balaban J connectivity index is 1.37. The van der Waals surface area contributed by atoms with E-state index in [1.165, 1.54) is 23.1 Å². The third-order valence-electron chi connectivity index (χ3n) is 3.34. The molecule has 0 radical (unpaired) electrons. The van der Waals surface area contributed by atoms with Crippen LogP contribution in [0.1, 0.15) is 10.6 Å². The predicted molar refractivity (Wildman–Crippen MR) is 94.4 cm³/mol. The fourth-order valence-corrected chi connectivity index (χ4v) is 5.10. The Morgan fingerprint density at radius 1 is 1.30 bits per heavy atom. The van der Waals surface area contributed by atoms with Gasteiger partial charge in [0.15, 0.2) is 9.47 Å². The Kier molecular flexibility index (Phi) is 4.30. The van der Waals surface area contributed by atoms with Gasteiger partial charge in [-0.1, -0.05) is 35.2 Å². The SMILES string of the molecule is O=C(CSc1nc2ccccc2s1)Nc1nc2c(s1)COCC2. The number of carbonyl (C=O) groups is 1. The lowest BCUT2D eigenvalue weighted by atomic mass is 10.2. The van der Waals surface area contributed by atoms with Crippen LogP contribution >= 0.6 is 34.4 Å². The normalized spacial score (nSPS) is 13.9. The number of ether oxygens (including phenoxy) is 1. The average molecular weight is 363 g/mol. The molecule has 1 aliphatic heterocycles. The minimum absolute atomic E-state index is 0.0544. The highest BCUT2D eigenvalue weighted by molar-refractivity contribution is 8.01. The van der Waals surface area contributed by atoms with E-state index in [2.05, 4.69) is 15.3 Å². The Hall–Kier alpha value is -1.48. The van der Waals surface area contributed by atoms with Gasteiger partial charge in [0.2, 0.25) is 5.91 Å². The van der Waals surface area contributed by atoms with Crippen LogP contribution in [0.4, 0.5) is 5.13 Å². The van der Waals surface area contributed by atoms with E-state index in [1.807, 2.05) is 24.3 Å². The molecule has 0 saturated carbocycles. The van der Waals surface area contributed by atoms with Gasteiger partial charge in [0.25, 0.3) is 0 Å². The number of hydrogen-bond acceptors (Lipinski definition) is 7. The maximum absolute atomic E-state index is 12.1. The molecule has 0 fully saturated rings. The molecule has 0 bridgehead atoms. The maximum Gasteiger partial charge on any atom is 0.236 e. The zero-order chi connectivity index (χ0) is 15.6. The van der Waals surface area contributed by atoms with Gasteiger partial charge >= 0.3 is 0 Å². The molecule has 1 aliphatic rings. The lowest BCUT2D eigenvalue weighted by molar-refractivity contribution is -0.113. The highest BCUT2D eigenvalue weighted by Crippen LogP contribution is 2.30. The van der Waals surface area contributed by atoms with Gasteiger partial charge in [-0.05, 0) is 12.1 Å². The number of anilines is 1. The quantitative estimate of drug-likeness (QED) is 0.718. The minimum atomic E-state index is -0.0544. The van der Waals surface area contributed by atoms with Gasteiger partial charge in [0.05, 0.1) is 39.8 Å². The molecule has 1 N–H and O–H groups in total. The number of carbonyl (C=O) groups excluding carboxylic acids is 1. The van der Waals surface area contributed by atoms with Crippen molar-refractivity contribution in [3.05, 3.63) is 34.8 Å². The van der Waals surface area contributed by atoms with Crippen molar-refractivity contribution in [2.45, 2.75) is 17.4 Å². The molecular formula is C15H13N3O2S3. The summed E-state index contributed by atoms with van der Waals surface area (Å²) in [5, 5.41) is 3.53. The molecule has 0 saturated heterocycles. The van der Waals surface area contributed by atoms with Gasteiger partial charge in [-0.15, -0.1) is 11.3 Å². The van der Waals surface area contributed by atoms with Crippen LogP contribution in [-0.4, -0.2) is 28.2 Å². The number of aromatic nitrogens is 2. The lowest BCUT2D eigenvalue weighted by Crippen LogP contribution is -2.14. The number of nitrogens with one attached hydrogen (secondary N) is 1. The van der Waals surface area contributed by atoms with Crippen molar-refractivity contribution in [1.82, 2.24) is 9.97 Å². The van der Waals surface area contributed by atoms with Crippen LogP contribution in [0, 0.1) is 0 Å². The van der Waals surface area contributed by atoms with E-state index >= 15 is 0 Å². The Morgan fingerprint density at radius 2 is 2.22 bits per heavy atom. The summed E-state index contributed by atoms with van der Waals surface area (Å²) in [7, 11) is 0. The Morgan fingerprint density at radius 3 is 3.09 bits per heavy atom. The van der Waals surface area contributed by atoms with Gasteiger partial charge in [-0.2, -0.15) is 0 Å². The molecule has 2 aromatic heterocycles. The summed E-state index contributed by atoms with van der Waals surface area (Å²) in [5.41, 5.74) is 2.03. The van der Waals surface area contributed by atoms with Gasteiger partial charge in [-0.3, -0.25) is 4.79 Å². The van der Waals surface area contributed by atoms with E-state index < -0.39 is 0 Å². The average Bonchev–Trinajstić information content (AvgIpc) is 3.15. The minimum Gasteiger partial charge on any atom is -0.375 e. The second-order valence-electron chi connectivity index (χ2n) is 4.98. The first-order valence-electron chi connectivity index (χ1n) is 7.12. The molecule has 118 valence electrons. The molecular weight excluding hydrogens is 350 g/mol. The van der Waals surface area contributed by atoms with Gasteiger partial charge in [0.1, 0.15) is 0 Å². The van der Waals surface area contributed by atoms with Gasteiger partial charge in [-0.25, -0.2) is 9.97 Å². The van der Waals surface area contributed by atoms with E-state index in [-0.39, 0.29) is 5.91 Å². The van der Waals surface area contributed by atoms with Crippen molar-refractivity contribution in [3.63, 3.8) is 0 Å². The van der Waals surface area contributed by atoms with Gasteiger partial charge in [0, 0.05) is 6.42 Å². The fraction of sp³-hybridized carbons (Fsp3) is 0.267. The molecule has 0 unspecified atom stereocenters. The highest BCUT2D eigenvalue weighted by atomic mass is 32.2. The molecule has 8 heteroatoms. The first-order valence-corrected chi connectivity index (χ1v) is 9.74. The number of para-hydroxylation sites is 1. The summed E-state index contributed by atoms with van der Waals surface area (Å²) in [6, 6.07) is 7.99. The molecule has 4 rings (SSSR count). The van der Waals surface area contributed by atoms with E-state index in [0.29, 0.717) is 24.1 Å². The summed E-state index contributed by atoms with van der Waals surface area (Å²) in [6.07, 6.45) is 0.822. The standard InChI is InChI=1S/C15H13N3O2S3/c19-13(18-14-16-10-5-6-20-7-12(10)22-14)8-21-15-17-9-3-1-2-4-11(9)23-15/h1-4H,5-8H2,(H,16,18,19). The van der Waals surface area contributed by atoms with E-state index in [0.717, 1.165) is 31.5 Å². The largest absolute Gasteiger partial charge is 0.375 e. The van der Waals surface area contributed by atoms with Crippen LogP contribution in [0.15, 0.2) is 28.6 Å². The van der Waals surface area contributed by atoms with Crippen molar-refractivity contribution in [3.8, 4) is 0 Å². The molecule has 0 spiro atoms. The summed E-state index contributed by atoms with van der Waals surface area (Å²) in [4.78, 5) is 22.2. The molecule has 0 atom stereocenters. The lowest BCUT2D eigenvalue weighted by Gasteiger charge is -2.08. The van der Waals surface area contributed by atoms with Crippen molar-refractivity contribution in [2.75, 3.05) is 17.7 Å². The summed E-state index contributed by atoms with van der Waals surface area (Å²) in [6.45, 7) is 1.31.